The minimum absolute atomic E-state index is 0.0324. The number of rotatable bonds is 2. The van der Waals surface area contributed by atoms with E-state index >= 15 is 0 Å². The lowest BCUT2D eigenvalue weighted by Crippen LogP contribution is -2.00. The zero-order valence-electron chi connectivity index (χ0n) is 7.15. The van der Waals surface area contributed by atoms with Crippen LogP contribution in [0.15, 0.2) is 16.6 Å². The van der Waals surface area contributed by atoms with Gasteiger partial charge in [0.25, 0.3) is 6.43 Å². The highest BCUT2D eigenvalue weighted by Crippen LogP contribution is 2.29. The SMILES string of the molecule is CC(=O)c1cc(C(F)F)c(Br)cc1F. The van der Waals surface area contributed by atoms with Crippen LogP contribution in [-0.4, -0.2) is 5.78 Å². The van der Waals surface area contributed by atoms with Crippen molar-refractivity contribution in [2.24, 2.45) is 0 Å². The number of hydrogen-bond acceptors (Lipinski definition) is 1. The maximum absolute atomic E-state index is 13.0. The quantitative estimate of drug-likeness (QED) is 0.746. The van der Waals surface area contributed by atoms with Gasteiger partial charge in [-0.25, -0.2) is 13.2 Å². The molecule has 0 saturated heterocycles. The molecule has 5 heteroatoms. The molecule has 0 spiro atoms. The predicted molar refractivity (Wildman–Crippen MR) is 49.1 cm³/mol. The van der Waals surface area contributed by atoms with Crippen molar-refractivity contribution < 1.29 is 18.0 Å². The Labute approximate surface area is 87.1 Å². The lowest BCUT2D eigenvalue weighted by molar-refractivity contribution is 0.101. The van der Waals surface area contributed by atoms with Gasteiger partial charge in [-0.1, -0.05) is 15.9 Å². The Balaban J connectivity index is 3.34. The highest BCUT2D eigenvalue weighted by Gasteiger charge is 2.17. The molecule has 0 unspecified atom stereocenters. The molecule has 0 saturated carbocycles. The summed E-state index contributed by atoms with van der Waals surface area (Å²) < 4.78 is 37.7. The third-order valence-electron chi connectivity index (χ3n) is 1.70. The summed E-state index contributed by atoms with van der Waals surface area (Å²) in [5, 5.41) is 0. The topological polar surface area (TPSA) is 17.1 Å². The zero-order chi connectivity index (χ0) is 10.9. The second-order valence-electron chi connectivity index (χ2n) is 2.71. The van der Waals surface area contributed by atoms with Crippen LogP contribution in [0.25, 0.3) is 0 Å². The first-order chi connectivity index (χ1) is 6.43. The lowest BCUT2D eigenvalue weighted by Gasteiger charge is -2.06. The van der Waals surface area contributed by atoms with Gasteiger partial charge in [-0.2, -0.15) is 0 Å². The molecule has 1 aromatic carbocycles. The molecule has 0 atom stereocenters. The second-order valence-corrected chi connectivity index (χ2v) is 3.56. The minimum Gasteiger partial charge on any atom is -0.294 e. The van der Waals surface area contributed by atoms with Gasteiger partial charge in [-0.05, 0) is 19.1 Å². The van der Waals surface area contributed by atoms with E-state index in [-0.39, 0.29) is 15.6 Å². The molecule has 0 N–H and O–H groups in total. The highest BCUT2D eigenvalue weighted by molar-refractivity contribution is 9.10. The zero-order valence-corrected chi connectivity index (χ0v) is 8.74. The van der Waals surface area contributed by atoms with Crippen molar-refractivity contribution in [1.29, 1.82) is 0 Å². The lowest BCUT2D eigenvalue weighted by atomic mass is 10.1. The van der Waals surface area contributed by atoms with Gasteiger partial charge in [0.05, 0.1) is 5.56 Å². The number of halogens is 4. The number of Topliss-reactive ketones (excluding diaryl/α,β-unsaturated/α-hetero) is 1. The van der Waals surface area contributed by atoms with Gasteiger partial charge >= 0.3 is 0 Å². The molecule has 0 fully saturated rings. The first-order valence-corrected chi connectivity index (χ1v) is 4.50. The third-order valence-corrected chi connectivity index (χ3v) is 2.39. The van der Waals surface area contributed by atoms with Crippen molar-refractivity contribution in [1.82, 2.24) is 0 Å². The highest BCUT2D eigenvalue weighted by atomic mass is 79.9. The Kier molecular flexibility index (Phi) is 3.31. The van der Waals surface area contributed by atoms with Crippen molar-refractivity contribution in [3.63, 3.8) is 0 Å². The fraction of sp³-hybridized carbons (Fsp3) is 0.222. The average Bonchev–Trinajstić information content (AvgIpc) is 2.02. The summed E-state index contributed by atoms with van der Waals surface area (Å²) in [5.74, 6) is -1.37. The van der Waals surface area contributed by atoms with Crippen LogP contribution in [0.1, 0.15) is 29.3 Å². The normalized spacial score (nSPS) is 10.7. The van der Waals surface area contributed by atoms with E-state index < -0.39 is 18.0 Å². The van der Waals surface area contributed by atoms with E-state index in [1.165, 1.54) is 0 Å². The molecule has 0 aliphatic rings. The number of hydrogen-bond donors (Lipinski definition) is 0. The monoisotopic (exact) mass is 266 g/mol. The summed E-state index contributed by atoms with van der Waals surface area (Å²) in [6.45, 7) is 1.13. The Morgan fingerprint density at radius 2 is 2.00 bits per heavy atom. The first kappa shape index (κ1) is 11.2. The molecule has 0 aliphatic carbocycles. The van der Waals surface area contributed by atoms with Crippen molar-refractivity contribution in [3.05, 3.63) is 33.5 Å². The number of benzene rings is 1. The Bertz CT molecular complexity index is 377. The van der Waals surface area contributed by atoms with Crippen LogP contribution in [-0.2, 0) is 0 Å². The van der Waals surface area contributed by atoms with E-state index in [2.05, 4.69) is 15.9 Å². The van der Waals surface area contributed by atoms with Crippen LogP contribution < -0.4 is 0 Å². The van der Waals surface area contributed by atoms with E-state index in [0.717, 1.165) is 19.1 Å². The maximum Gasteiger partial charge on any atom is 0.264 e. The Hall–Kier alpha value is -0.840. The van der Waals surface area contributed by atoms with Gasteiger partial charge in [-0.3, -0.25) is 4.79 Å². The van der Waals surface area contributed by atoms with Crippen LogP contribution in [0.4, 0.5) is 13.2 Å². The second kappa shape index (κ2) is 4.13. The minimum atomic E-state index is -2.73. The van der Waals surface area contributed by atoms with Crippen molar-refractivity contribution >= 4 is 21.7 Å². The molecule has 0 aliphatic heterocycles. The summed E-state index contributed by atoms with van der Waals surface area (Å²) in [6.07, 6.45) is -2.73. The van der Waals surface area contributed by atoms with E-state index in [0.29, 0.717) is 0 Å². The number of alkyl halides is 2. The molecule has 0 amide bonds. The van der Waals surface area contributed by atoms with Gasteiger partial charge in [0.1, 0.15) is 5.82 Å². The summed E-state index contributed by atoms with van der Waals surface area (Å²) in [5.41, 5.74) is -0.694. The van der Waals surface area contributed by atoms with E-state index in [4.69, 9.17) is 0 Å². The van der Waals surface area contributed by atoms with Gasteiger partial charge in [-0.15, -0.1) is 0 Å². The smallest absolute Gasteiger partial charge is 0.264 e. The molecule has 76 valence electrons. The van der Waals surface area contributed by atoms with Crippen LogP contribution in [0.3, 0.4) is 0 Å². The van der Waals surface area contributed by atoms with E-state index in [1.54, 1.807) is 0 Å². The van der Waals surface area contributed by atoms with E-state index in [9.17, 15) is 18.0 Å². The summed E-state index contributed by atoms with van der Waals surface area (Å²) >= 11 is 2.80. The molecule has 14 heavy (non-hydrogen) atoms. The maximum atomic E-state index is 13.0. The van der Waals surface area contributed by atoms with Crippen LogP contribution in [0, 0.1) is 5.82 Å². The molecule has 0 radical (unpaired) electrons. The summed E-state index contributed by atoms with van der Waals surface area (Å²) in [7, 11) is 0. The largest absolute Gasteiger partial charge is 0.294 e. The van der Waals surface area contributed by atoms with Crippen LogP contribution in [0.5, 0.6) is 0 Å². The van der Waals surface area contributed by atoms with Gasteiger partial charge in [0, 0.05) is 10.0 Å². The van der Waals surface area contributed by atoms with Crippen molar-refractivity contribution in [2.45, 2.75) is 13.3 Å². The Morgan fingerprint density at radius 1 is 1.43 bits per heavy atom. The molecule has 0 bridgehead atoms. The van der Waals surface area contributed by atoms with Crippen LogP contribution in [0.2, 0.25) is 0 Å². The summed E-state index contributed by atoms with van der Waals surface area (Å²) in [6, 6.07) is 1.74. The third kappa shape index (κ3) is 2.15. The van der Waals surface area contributed by atoms with Gasteiger partial charge in [0.2, 0.25) is 0 Å². The van der Waals surface area contributed by atoms with Gasteiger partial charge in [0.15, 0.2) is 5.78 Å². The molecule has 1 aromatic rings. The summed E-state index contributed by atoms with van der Waals surface area (Å²) in [4.78, 5) is 10.9. The van der Waals surface area contributed by atoms with E-state index in [1.807, 2.05) is 0 Å². The molecule has 0 aromatic heterocycles. The molecule has 0 heterocycles. The first-order valence-electron chi connectivity index (χ1n) is 3.71. The molecular weight excluding hydrogens is 261 g/mol. The number of carbonyl (C=O) groups excluding carboxylic acids is 1. The Morgan fingerprint density at radius 3 is 2.43 bits per heavy atom. The van der Waals surface area contributed by atoms with Crippen molar-refractivity contribution in [2.75, 3.05) is 0 Å². The predicted octanol–water partition coefficient (Wildman–Crippen LogP) is 3.73. The van der Waals surface area contributed by atoms with Crippen LogP contribution >= 0.6 is 15.9 Å². The van der Waals surface area contributed by atoms with Crippen molar-refractivity contribution in [3.8, 4) is 0 Å². The molecule has 1 rings (SSSR count). The fourth-order valence-corrected chi connectivity index (χ4v) is 1.49. The molecular formula is C9H6BrF3O. The number of carbonyl (C=O) groups is 1. The average molecular weight is 267 g/mol. The van der Waals surface area contributed by atoms with Gasteiger partial charge < -0.3 is 0 Å². The standard InChI is InChI=1S/C9H6BrF3O/c1-4(14)5-2-6(9(12)13)7(10)3-8(5)11/h2-3,9H,1H3. The molecule has 1 nitrogen and oxygen atoms in total. The fourth-order valence-electron chi connectivity index (χ4n) is 1.00. The number of ketones is 1.